The molecule has 1 saturated carbocycles. The summed E-state index contributed by atoms with van der Waals surface area (Å²) in [6.45, 7) is 2.28. The molecule has 1 aliphatic carbocycles. The minimum atomic E-state index is -0.660. The number of hydrogen-bond donors (Lipinski definition) is 1. The molecule has 0 aromatic heterocycles. The Morgan fingerprint density at radius 1 is 0.815 bits per heavy atom. The zero-order valence-electron chi connectivity index (χ0n) is 18.1. The Hall–Kier alpha value is -0.570. The summed E-state index contributed by atoms with van der Waals surface area (Å²) in [5, 5.41) is 8.67. The van der Waals surface area contributed by atoms with Crippen LogP contribution in [-0.4, -0.2) is 23.3 Å². The average Bonchev–Trinajstić information content (AvgIpc) is 2.67. The number of aliphatic carboxylic acids is 1. The molecule has 3 heteroatoms. The fourth-order valence-corrected chi connectivity index (χ4v) is 4.26. The topological polar surface area (TPSA) is 46.5 Å². The predicted molar refractivity (Wildman–Crippen MR) is 114 cm³/mol. The Kier molecular flexibility index (Phi) is 15.9. The summed E-state index contributed by atoms with van der Waals surface area (Å²) in [7, 11) is 0. The normalized spacial score (nSPS) is 16.5. The standard InChI is InChI=1S/C24H46O3/c1-2-3-4-5-8-12-17-22(27-23-19-14-11-15-20-23)18-13-9-6-7-10-16-21-24(25)26/h22-23H,2-21H2,1H3,(H,25,26). The van der Waals surface area contributed by atoms with Crippen molar-refractivity contribution in [3.63, 3.8) is 0 Å². The van der Waals surface area contributed by atoms with Crippen molar-refractivity contribution < 1.29 is 14.6 Å². The van der Waals surface area contributed by atoms with Crippen LogP contribution in [0.5, 0.6) is 0 Å². The summed E-state index contributed by atoms with van der Waals surface area (Å²) in [4.78, 5) is 10.5. The predicted octanol–water partition coefficient (Wildman–Crippen LogP) is 7.66. The van der Waals surface area contributed by atoms with Gasteiger partial charge in [-0.3, -0.25) is 4.79 Å². The van der Waals surface area contributed by atoms with Crippen molar-refractivity contribution in [2.75, 3.05) is 0 Å². The van der Waals surface area contributed by atoms with Gasteiger partial charge in [-0.15, -0.1) is 0 Å². The molecule has 0 aromatic rings. The molecule has 0 amide bonds. The summed E-state index contributed by atoms with van der Waals surface area (Å²) >= 11 is 0. The van der Waals surface area contributed by atoms with Crippen LogP contribution in [0.15, 0.2) is 0 Å². The lowest BCUT2D eigenvalue weighted by Gasteiger charge is -2.28. The van der Waals surface area contributed by atoms with Gasteiger partial charge in [-0.25, -0.2) is 0 Å². The molecule has 0 aromatic carbocycles. The third-order valence-corrected chi connectivity index (χ3v) is 5.98. The molecule has 27 heavy (non-hydrogen) atoms. The van der Waals surface area contributed by atoms with E-state index in [1.807, 2.05) is 0 Å². The number of rotatable bonds is 18. The summed E-state index contributed by atoms with van der Waals surface area (Å²) in [5.74, 6) is -0.660. The molecule has 0 saturated heterocycles. The van der Waals surface area contributed by atoms with Gasteiger partial charge < -0.3 is 9.84 Å². The third kappa shape index (κ3) is 15.1. The minimum Gasteiger partial charge on any atom is -0.481 e. The van der Waals surface area contributed by atoms with E-state index in [0.29, 0.717) is 18.6 Å². The molecular formula is C24H46O3. The molecule has 3 nitrogen and oxygen atoms in total. The average molecular weight is 383 g/mol. The SMILES string of the molecule is CCCCCCCCC(CCCCCCCCC(=O)O)OC1CCCCC1. The van der Waals surface area contributed by atoms with Gasteiger partial charge in [0.05, 0.1) is 12.2 Å². The lowest BCUT2D eigenvalue weighted by Crippen LogP contribution is -2.24. The van der Waals surface area contributed by atoms with Gasteiger partial charge in [0.2, 0.25) is 0 Å². The van der Waals surface area contributed by atoms with Crippen LogP contribution in [0.3, 0.4) is 0 Å². The third-order valence-electron chi connectivity index (χ3n) is 5.98. The highest BCUT2D eigenvalue weighted by atomic mass is 16.5. The molecule has 0 bridgehead atoms. The first-order valence-electron chi connectivity index (χ1n) is 12.1. The zero-order chi connectivity index (χ0) is 19.6. The van der Waals surface area contributed by atoms with Crippen molar-refractivity contribution >= 4 is 5.97 Å². The molecule has 0 radical (unpaired) electrons. The van der Waals surface area contributed by atoms with Crippen molar-refractivity contribution in [2.45, 2.75) is 148 Å². The Balaban J connectivity index is 2.13. The van der Waals surface area contributed by atoms with Crippen LogP contribution in [-0.2, 0) is 9.53 Å². The van der Waals surface area contributed by atoms with Crippen LogP contribution >= 0.6 is 0 Å². The summed E-state index contributed by atoms with van der Waals surface area (Å²) < 4.78 is 6.53. The molecule has 1 fully saturated rings. The number of carboxylic acid groups (broad SMARTS) is 1. The smallest absolute Gasteiger partial charge is 0.303 e. The van der Waals surface area contributed by atoms with Gasteiger partial charge in [-0.1, -0.05) is 96.8 Å². The first-order valence-corrected chi connectivity index (χ1v) is 12.1. The maximum atomic E-state index is 10.5. The van der Waals surface area contributed by atoms with Gasteiger partial charge >= 0.3 is 5.97 Å². The van der Waals surface area contributed by atoms with E-state index in [-0.39, 0.29) is 0 Å². The molecule has 1 atom stereocenters. The lowest BCUT2D eigenvalue weighted by atomic mass is 9.96. The van der Waals surface area contributed by atoms with E-state index in [9.17, 15) is 4.79 Å². The maximum absolute atomic E-state index is 10.5. The van der Waals surface area contributed by atoms with Gasteiger partial charge in [0.1, 0.15) is 0 Å². The quantitative estimate of drug-likeness (QED) is 0.247. The van der Waals surface area contributed by atoms with Crippen molar-refractivity contribution in [1.82, 2.24) is 0 Å². The monoisotopic (exact) mass is 382 g/mol. The first kappa shape index (κ1) is 24.5. The van der Waals surface area contributed by atoms with Crippen molar-refractivity contribution in [2.24, 2.45) is 0 Å². The van der Waals surface area contributed by atoms with Gasteiger partial charge in [0, 0.05) is 6.42 Å². The summed E-state index contributed by atoms with van der Waals surface area (Å²) in [5.41, 5.74) is 0. The molecule has 1 aliphatic rings. The molecule has 0 spiro atoms. The van der Waals surface area contributed by atoms with E-state index in [1.54, 1.807) is 0 Å². The molecule has 160 valence electrons. The van der Waals surface area contributed by atoms with E-state index in [0.717, 1.165) is 12.8 Å². The molecule has 0 heterocycles. The highest BCUT2D eigenvalue weighted by Crippen LogP contribution is 2.25. The molecular weight excluding hydrogens is 336 g/mol. The van der Waals surface area contributed by atoms with Gasteiger partial charge in [-0.2, -0.15) is 0 Å². The highest BCUT2D eigenvalue weighted by molar-refractivity contribution is 5.66. The molecule has 0 aliphatic heterocycles. The van der Waals surface area contributed by atoms with Crippen LogP contribution in [0.4, 0.5) is 0 Å². The summed E-state index contributed by atoms with van der Waals surface area (Å²) in [6.07, 6.45) is 25.5. The number of hydrogen-bond acceptors (Lipinski definition) is 2. The largest absolute Gasteiger partial charge is 0.481 e. The van der Waals surface area contributed by atoms with E-state index in [1.165, 1.54) is 109 Å². The lowest BCUT2D eigenvalue weighted by molar-refractivity contribution is -0.137. The highest BCUT2D eigenvalue weighted by Gasteiger charge is 2.18. The van der Waals surface area contributed by atoms with Gasteiger partial charge in [-0.05, 0) is 32.1 Å². The minimum absolute atomic E-state index is 0.329. The Morgan fingerprint density at radius 2 is 1.33 bits per heavy atom. The Bertz CT molecular complexity index is 337. The summed E-state index contributed by atoms with van der Waals surface area (Å²) in [6, 6.07) is 0. The number of ether oxygens (including phenoxy) is 1. The van der Waals surface area contributed by atoms with Crippen LogP contribution in [0.25, 0.3) is 0 Å². The van der Waals surface area contributed by atoms with Crippen molar-refractivity contribution in [1.29, 1.82) is 0 Å². The Morgan fingerprint density at radius 3 is 1.89 bits per heavy atom. The molecule has 1 rings (SSSR count). The number of carbonyl (C=O) groups is 1. The molecule has 1 unspecified atom stereocenters. The number of unbranched alkanes of at least 4 members (excludes halogenated alkanes) is 10. The van der Waals surface area contributed by atoms with E-state index >= 15 is 0 Å². The van der Waals surface area contributed by atoms with Crippen molar-refractivity contribution in [3.05, 3.63) is 0 Å². The fourth-order valence-electron chi connectivity index (χ4n) is 4.26. The second-order valence-electron chi connectivity index (χ2n) is 8.63. The van der Waals surface area contributed by atoms with Crippen LogP contribution in [0.2, 0.25) is 0 Å². The van der Waals surface area contributed by atoms with Gasteiger partial charge in [0.15, 0.2) is 0 Å². The maximum Gasteiger partial charge on any atom is 0.303 e. The van der Waals surface area contributed by atoms with Crippen LogP contribution < -0.4 is 0 Å². The molecule has 1 N–H and O–H groups in total. The van der Waals surface area contributed by atoms with E-state index in [2.05, 4.69) is 6.92 Å². The first-order chi connectivity index (χ1) is 13.2. The van der Waals surface area contributed by atoms with Crippen LogP contribution in [0.1, 0.15) is 135 Å². The van der Waals surface area contributed by atoms with Crippen molar-refractivity contribution in [3.8, 4) is 0 Å². The van der Waals surface area contributed by atoms with Gasteiger partial charge in [0.25, 0.3) is 0 Å². The van der Waals surface area contributed by atoms with E-state index in [4.69, 9.17) is 9.84 Å². The van der Waals surface area contributed by atoms with Crippen LogP contribution in [0, 0.1) is 0 Å². The van der Waals surface area contributed by atoms with E-state index < -0.39 is 5.97 Å². The Labute approximate surface area is 168 Å². The second kappa shape index (κ2) is 17.5. The zero-order valence-corrected chi connectivity index (χ0v) is 18.1. The number of carboxylic acids is 1. The fraction of sp³-hybridized carbons (Fsp3) is 0.958. The second-order valence-corrected chi connectivity index (χ2v) is 8.63.